The Morgan fingerprint density at radius 3 is 2.65 bits per heavy atom. The normalized spacial score (nSPS) is 13.7. The fraction of sp³-hybridized carbons (Fsp3) is 0.417. The molecule has 1 atom stereocenters. The van der Waals surface area contributed by atoms with Crippen molar-refractivity contribution < 1.29 is 13.2 Å². The number of H-pyrrole nitrogens is 1. The van der Waals surface area contributed by atoms with E-state index in [0.717, 1.165) is 4.68 Å². The van der Waals surface area contributed by atoms with Crippen LogP contribution in [0, 0.1) is 13.8 Å². The zero-order chi connectivity index (χ0) is 15.1. The van der Waals surface area contributed by atoms with Crippen LogP contribution in [0.2, 0.25) is 0 Å². The van der Waals surface area contributed by atoms with Crippen LogP contribution in [0.5, 0.6) is 0 Å². The summed E-state index contributed by atoms with van der Waals surface area (Å²) in [7, 11) is 0. The van der Waals surface area contributed by atoms with Gasteiger partial charge in [0.15, 0.2) is 11.7 Å². The predicted octanol–water partition coefficient (Wildman–Crippen LogP) is 2.42. The van der Waals surface area contributed by atoms with Crippen LogP contribution in [0.4, 0.5) is 13.2 Å². The van der Waals surface area contributed by atoms with E-state index in [1.54, 1.807) is 0 Å². The lowest BCUT2D eigenvalue weighted by Crippen LogP contribution is -2.27. The number of halogens is 3. The van der Waals surface area contributed by atoms with Crippen molar-refractivity contribution in [2.45, 2.75) is 32.5 Å². The summed E-state index contributed by atoms with van der Waals surface area (Å²) in [5.41, 5.74) is -0.337. The van der Waals surface area contributed by atoms with Gasteiger partial charge in [-0.3, -0.25) is 4.79 Å². The van der Waals surface area contributed by atoms with Crippen LogP contribution >= 0.6 is 0 Å². The average Bonchev–Trinajstić information content (AvgIpc) is 2.61. The third kappa shape index (κ3) is 2.33. The van der Waals surface area contributed by atoms with Crippen molar-refractivity contribution in [2.75, 3.05) is 0 Å². The Kier molecular flexibility index (Phi) is 3.41. The largest absolute Gasteiger partial charge is 0.411 e. The quantitative estimate of drug-likeness (QED) is 0.881. The maximum atomic E-state index is 13.1. The molecule has 2 aromatic heterocycles. The number of rotatable bonds is 3. The number of hydrogen-bond donors (Lipinski definition) is 1. The van der Waals surface area contributed by atoms with Gasteiger partial charge in [-0.1, -0.05) is 6.08 Å². The lowest BCUT2D eigenvalue weighted by atomic mass is 10.2. The average molecular weight is 286 g/mol. The molecule has 0 aromatic carbocycles. The summed E-state index contributed by atoms with van der Waals surface area (Å²) >= 11 is 0. The lowest BCUT2D eigenvalue weighted by molar-refractivity contribution is -0.168. The molecule has 8 heteroatoms. The molecule has 1 N–H and O–H groups in total. The second-order valence-electron chi connectivity index (χ2n) is 4.46. The molecule has 0 radical (unpaired) electrons. The zero-order valence-electron chi connectivity index (χ0n) is 11.0. The number of alkyl halides is 3. The van der Waals surface area contributed by atoms with E-state index in [9.17, 15) is 18.0 Å². The number of nitrogens with one attached hydrogen (secondary N) is 1. The minimum absolute atomic E-state index is 0.0621. The first-order valence-corrected chi connectivity index (χ1v) is 5.89. The molecular formula is C12H13F3N4O. The summed E-state index contributed by atoms with van der Waals surface area (Å²) in [6, 6.07) is -1.88. The molecule has 0 aliphatic rings. The van der Waals surface area contributed by atoms with Crippen molar-refractivity contribution in [3.8, 4) is 0 Å². The molecule has 0 aliphatic carbocycles. The van der Waals surface area contributed by atoms with E-state index in [1.165, 1.54) is 19.9 Å². The van der Waals surface area contributed by atoms with E-state index in [2.05, 4.69) is 21.6 Å². The number of hydrogen-bond acceptors (Lipinski definition) is 3. The summed E-state index contributed by atoms with van der Waals surface area (Å²) in [4.78, 5) is 18.3. The predicted molar refractivity (Wildman–Crippen MR) is 67.5 cm³/mol. The third-order valence-corrected chi connectivity index (χ3v) is 2.92. The summed E-state index contributed by atoms with van der Waals surface area (Å²) in [6.45, 7) is 6.31. The maximum Gasteiger partial charge on any atom is 0.411 e. The van der Waals surface area contributed by atoms with Gasteiger partial charge in [-0.25, -0.2) is 9.67 Å². The van der Waals surface area contributed by atoms with E-state index >= 15 is 0 Å². The Morgan fingerprint density at radius 1 is 1.45 bits per heavy atom. The van der Waals surface area contributed by atoms with Crippen molar-refractivity contribution in [2.24, 2.45) is 0 Å². The first-order chi connectivity index (χ1) is 9.25. The maximum absolute atomic E-state index is 13.1. The summed E-state index contributed by atoms with van der Waals surface area (Å²) < 4.78 is 40.1. The number of aromatic nitrogens is 4. The van der Waals surface area contributed by atoms with E-state index in [1.807, 2.05) is 0 Å². The third-order valence-electron chi connectivity index (χ3n) is 2.92. The van der Waals surface area contributed by atoms with E-state index in [-0.39, 0.29) is 29.0 Å². The topological polar surface area (TPSA) is 63.6 Å². The molecule has 5 nitrogen and oxygen atoms in total. The van der Waals surface area contributed by atoms with Crippen molar-refractivity contribution in [1.29, 1.82) is 0 Å². The van der Waals surface area contributed by atoms with Gasteiger partial charge in [-0.05, 0) is 20.3 Å². The van der Waals surface area contributed by atoms with Crippen LogP contribution in [0.25, 0.3) is 11.0 Å². The van der Waals surface area contributed by atoms with Crippen molar-refractivity contribution >= 4 is 11.0 Å². The molecule has 0 fully saturated rings. The van der Waals surface area contributed by atoms with Crippen LogP contribution in [0.1, 0.15) is 24.0 Å². The van der Waals surface area contributed by atoms with Gasteiger partial charge in [-0.15, -0.1) is 6.58 Å². The molecule has 0 saturated carbocycles. The van der Waals surface area contributed by atoms with E-state index in [4.69, 9.17) is 0 Å². The molecule has 2 heterocycles. The van der Waals surface area contributed by atoms with Gasteiger partial charge < -0.3 is 4.98 Å². The van der Waals surface area contributed by atoms with Crippen molar-refractivity contribution in [3.05, 3.63) is 34.5 Å². The fourth-order valence-corrected chi connectivity index (χ4v) is 2.07. The van der Waals surface area contributed by atoms with Gasteiger partial charge in [0.05, 0.1) is 5.69 Å². The van der Waals surface area contributed by atoms with Gasteiger partial charge >= 0.3 is 6.18 Å². The van der Waals surface area contributed by atoms with E-state index in [0.29, 0.717) is 0 Å². The van der Waals surface area contributed by atoms with Crippen molar-refractivity contribution in [1.82, 2.24) is 19.7 Å². The zero-order valence-corrected chi connectivity index (χ0v) is 11.0. The molecule has 0 saturated heterocycles. The van der Waals surface area contributed by atoms with Gasteiger partial charge in [0.2, 0.25) is 0 Å². The van der Waals surface area contributed by atoms with Crippen LogP contribution in [-0.2, 0) is 0 Å². The number of aryl methyl sites for hydroxylation is 2. The first-order valence-electron chi connectivity index (χ1n) is 5.89. The van der Waals surface area contributed by atoms with Gasteiger partial charge in [0, 0.05) is 0 Å². The summed E-state index contributed by atoms with van der Waals surface area (Å²) in [5.74, 6) is 0.239. The highest BCUT2D eigenvalue weighted by molar-refractivity contribution is 5.77. The Balaban J connectivity index is 2.77. The van der Waals surface area contributed by atoms with Crippen LogP contribution in [0.15, 0.2) is 17.4 Å². The van der Waals surface area contributed by atoms with Crippen LogP contribution in [0.3, 0.4) is 0 Å². The van der Waals surface area contributed by atoms with E-state index < -0.39 is 17.8 Å². The molecule has 0 amide bonds. The standard InChI is InChI=1S/C12H13F3N4O/c1-4-5-8(12(13,14)15)19-10-9(6(2)18-19)11(20)17-7(3)16-10/h4,8H,1,5H2,2-3H3,(H,16,17,20). The molecule has 2 rings (SSSR count). The highest BCUT2D eigenvalue weighted by Crippen LogP contribution is 2.34. The Bertz CT molecular complexity index is 714. The minimum atomic E-state index is -4.50. The first kappa shape index (κ1) is 14.3. The highest BCUT2D eigenvalue weighted by Gasteiger charge is 2.42. The molecule has 20 heavy (non-hydrogen) atoms. The number of nitrogens with zero attached hydrogens (tertiary/aromatic N) is 3. The smallest absolute Gasteiger partial charge is 0.310 e. The van der Waals surface area contributed by atoms with Crippen LogP contribution < -0.4 is 5.56 Å². The summed E-state index contributed by atoms with van der Waals surface area (Å²) in [6.07, 6.45) is -3.67. The molecule has 0 aliphatic heterocycles. The summed E-state index contributed by atoms with van der Waals surface area (Å²) in [5, 5.41) is 3.92. The molecule has 0 bridgehead atoms. The Hall–Kier alpha value is -2.12. The lowest BCUT2D eigenvalue weighted by Gasteiger charge is -2.19. The monoisotopic (exact) mass is 286 g/mol. The second kappa shape index (κ2) is 4.77. The molecular weight excluding hydrogens is 273 g/mol. The number of allylic oxidation sites excluding steroid dienone is 1. The van der Waals surface area contributed by atoms with Crippen LogP contribution in [-0.4, -0.2) is 25.9 Å². The highest BCUT2D eigenvalue weighted by atomic mass is 19.4. The van der Waals surface area contributed by atoms with Gasteiger partial charge in [0.1, 0.15) is 11.2 Å². The Labute approximate surface area is 112 Å². The molecule has 108 valence electrons. The number of aromatic amines is 1. The molecule has 1 unspecified atom stereocenters. The fourth-order valence-electron chi connectivity index (χ4n) is 2.07. The Morgan fingerprint density at radius 2 is 2.10 bits per heavy atom. The molecule has 0 spiro atoms. The minimum Gasteiger partial charge on any atom is -0.310 e. The van der Waals surface area contributed by atoms with Crippen molar-refractivity contribution in [3.63, 3.8) is 0 Å². The second-order valence-corrected chi connectivity index (χ2v) is 4.46. The molecule has 2 aromatic rings. The van der Waals surface area contributed by atoms with Gasteiger partial charge in [-0.2, -0.15) is 18.3 Å². The number of fused-ring (bicyclic) bond motifs is 1. The SMILES string of the molecule is C=CCC(n1nc(C)c2c(=O)[nH]c(C)nc21)C(F)(F)F. The van der Waals surface area contributed by atoms with Gasteiger partial charge in [0.25, 0.3) is 5.56 Å².